The van der Waals surface area contributed by atoms with E-state index in [2.05, 4.69) is 22.1 Å². The first kappa shape index (κ1) is 16.4. The topological polar surface area (TPSA) is 54.2 Å². The van der Waals surface area contributed by atoms with Gasteiger partial charge in [0.1, 0.15) is 0 Å². The van der Waals surface area contributed by atoms with Crippen molar-refractivity contribution in [1.82, 2.24) is 19.9 Å². The molecule has 21 heavy (non-hydrogen) atoms. The zero-order chi connectivity index (χ0) is 15.1. The fraction of sp³-hybridized carbons (Fsp3) is 0.875. The fourth-order valence-electron chi connectivity index (χ4n) is 3.07. The largest absolute Gasteiger partial charge is 0.393 e. The molecule has 0 saturated carbocycles. The van der Waals surface area contributed by atoms with Crippen LogP contribution in [0.1, 0.15) is 51.6 Å². The second-order valence-corrected chi connectivity index (χ2v) is 6.48. The third kappa shape index (κ3) is 5.75. The van der Waals surface area contributed by atoms with E-state index >= 15 is 0 Å². The molecule has 1 aromatic rings. The Balaban J connectivity index is 1.69. The Morgan fingerprint density at radius 1 is 1.33 bits per heavy atom. The molecule has 1 aliphatic rings. The Labute approximate surface area is 128 Å². The number of aliphatic hydroxyl groups is 1. The van der Waals surface area contributed by atoms with Crippen LogP contribution in [0, 0.1) is 5.92 Å². The number of hydrogen-bond acceptors (Lipinski definition) is 4. The highest BCUT2D eigenvalue weighted by Gasteiger charge is 2.19. The van der Waals surface area contributed by atoms with Crippen LogP contribution >= 0.6 is 0 Å². The minimum atomic E-state index is -0.346. The van der Waals surface area contributed by atoms with Crippen LogP contribution in [0.15, 0.2) is 6.20 Å². The summed E-state index contributed by atoms with van der Waals surface area (Å²) in [5.74, 6) is 0.716. The van der Waals surface area contributed by atoms with Gasteiger partial charge >= 0.3 is 0 Å². The third-order valence-corrected chi connectivity index (χ3v) is 4.32. The first-order valence-corrected chi connectivity index (χ1v) is 8.46. The van der Waals surface area contributed by atoms with Crippen molar-refractivity contribution in [2.45, 2.75) is 65.0 Å². The minimum absolute atomic E-state index is 0.346. The number of rotatable bonds is 8. The lowest BCUT2D eigenvalue weighted by Gasteiger charge is -2.31. The Morgan fingerprint density at radius 2 is 2.10 bits per heavy atom. The summed E-state index contributed by atoms with van der Waals surface area (Å²) in [7, 11) is 0. The molecule has 0 aliphatic carbocycles. The Morgan fingerprint density at radius 3 is 2.76 bits per heavy atom. The molecule has 2 heterocycles. The second-order valence-electron chi connectivity index (χ2n) is 6.48. The summed E-state index contributed by atoms with van der Waals surface area (Å²) < 4.78 is 1.95. The van der Waals surface area contributed by atoms with Gasteiger partial charge in [-0.25, -0.2) is 0 Å². The molecule has 1 aliphatic heterocycles. The van der Waals surface area contributed by atoms with Gasteiger partial charge in [0.2, 0.25) is 0 Å². The van der Waals surface area contributed by atoms with E-state index in [1.165, 1.54) is 51.7 Å². The molecule has 2 rings (SSSR count). The predicted octanol–water partition coefficient (Wildman–Crippen LogP) is 2.10. The maximum absolute atomic E-state index is 9.37. The Bertz CT molecular complexity index is 397. The standard InChI is InChI=1S/C16H30N4O/c1-3-4-5-8-19-9-6-15(7-10-19)12-20-13-16(17-18-20)11-14(2)21/h13-15,21H,3-12H2,1-2H3. The van der Waals surface area contributed by atoms with Crippen LogP contribution in [-0.4, -0.2) is 50.7 Å². The lowest BCUT2D eigenvalue weighted by atomic mass is 9.96. The van der Waals surface area contributed by atoms with Crippen molar-refractivity contribution < 1.29 is 5.11 Å². The van der Waals surface area contributed by atoms with Crippen molar-refractivity contribution in [2.24, 2.45) is 5.92 Å². The molecule has 0 radical (unpaired) electrons. The molecule has 0 aromatic carbocycles. The average molecular weight is 294 g/mol. The molecule has 0 spiro atoms. The molecule has 1 unspecified atom stereocenters. The fourth-order valence-corrected chi connectivity index (χ4v) is 3.07. The van der Waals surface area contributed by atoms with Gasteiger partial charge in [0.25, 0.3) is 0 Å². The molecular formula is C16H30N4O. The monoisotopic (exact) mass is 294 g/mol. The zero-order valence-electron chi connectivity index (χ0n) is 13.5. The van der Waals surface area contributed by atoms with Crippen LogP contribution in [0.4, 0.5) is 0 Å². The Hall–Kier alpha value is -0.940. The van der Waals surface area contributed by atoms with E-state index in [4.69, 9.17) is 0 Å². The normalized spacial score (nSPS) is 19.0. The van der Waals surface area contributed by atoms with Gasteiger partial charge in [-0.2, -0.15) is 0 Å². The highest BCUT2D eigenvalue weighted by molar-refractivity contribution is 4.94. The van der Waals surface area contributed by atoms with Crippen molar-refractivity contribution in [3.63, 3.8) is 0 Å². The van der Waals surface area contributed by atoms with Gasteiger partial charge in [-0.15, -0.1) is 5.10 Å². The first-order valence-electron chi connectivity index (χ1n) is 8.46. The summed E-state index contributed by atoms with van der Waals surface area (Å²) in [6.07, 6.45) is 8.75. The van der Waals surface area contributed by atoms with Gasteiger partial charge in [-0.1, -0.05) is 25.0 Å². The van der Waals surface area contributed by atoms with Crippen molar-refractivity contribution in [2.75, 3.05) is 19.6 Å². The number of likely N-dealkylation sites (tertiary alicyclic amines) is 1. The average Bonchev–Trinajstić information content (AvgIpc) is 2.87. The van der Waals surface area contributed by atoms with Gasteiger partial charge in [0.05, 0.1) is 11.8 Å². The van der Waals surface area contributed by atoms with E-state index in [-0.39, 0.29) is 6.10 Å². The minimum Gasteiger partial charge on any atom is -0.393 e. The number of aliphatic hydroxyl groups excluding tert-OH is 1. The van der Waals surface area contributed by atoms with Crippen LogP contribution in [-0.2, 0) is 13.0 Å². The molecule has 1 saturated heterocycles. The molecule has 0 bridgehead atoms. The van der Waals surface area contributed by atoms with Gasteiger partial charge in [-0.3, -0.25) is 4.68 Å². The zero-order valence-corrected chi connectivity index (χ0v) is 13.5. The SMILES string of the molecule is CCCCCN1CCC(Cn2cc(CC(C)O)nn2)CC1. The van der Waals surface area contributed by atoms with E-state index in [9.17, 15) is 5.11 Å². The van der Waals surface area contributed by atoms with E-state index < -0.39 is 0 Å². The lowest BCUT2D eigenvalue weighted by Crippen LogP contribution is -2.35. The first-order chi connectivity index (χ1) is 10.2. The number of nitrogens with zero attached hydrogens (tertiary/aromatic N) is 4. The van der Waals surface area contributed by atoms with E-state index in [0.29, 0.717) is 12.3 Å². The van der Waals surface area contributed by atoms with Crippen molar-refractivity contribution in [3.05, 3.63) is 11.9 Å². The van der Waals surface area contributed by atoms with Crippen molar-refractivity contribution in [1.29, 1.82) is 0 Å². The number of piperidine rings is 1. The second kappa shape index (κ2) is 8.49. The number of aromatic nitrogens is 3. The molecular weight excluding hydrogens is 264 g/mol. The quantitative estimate of drug-likeness (QED) is 0.746. The van der Waals surface area contributed by atoms with Crippen molar-refractivity contribution in [3.8, 4) is 0 Å². The summed E-state index contributed by atoms with van der Waals surface area (Å²) in [5, 5.41) is 17.7. The maximum atomic E-state index is 9.37. The summed E-state index contributed by atoms with van der Waals surface area (Å²) >= 11 is 0. The van der Waals surface area contributed by atoms with Crippen LogP contribution in [0.25, 0.3) is 0 Å². The van der Waals surface area contributed by atoms with Crippen LogP contribution in [0.5, 0.6) is 0 Å². The van der Waals surface area contributed by atoms with Crippen LogP contribution < -0.4 is 0 Å². The van der Waals surface area contributed by atoms with E-state index in [0.717, 1.165) is 12.2 Å². The summed E-state index contributed by atoms with van der Waals surface area (Å²) in [4.78, 5) is 2.60. The molecule has 5 heteroatoms. The highest BCUT2D eigenvalue weighted by Crippen LogP contribution is 2.19. The van der Waals surface area contributed by atoms with Gasteiger partial charge in [-0.05, 0) is 51.7 Å². The Kier molecular flexibility index (Phi) is 6.64. The van der Waals surface area contributed by atoms with Gasteiger partial charge in [0.15, 0.2) is 0 Å². The molecule has 1 N–H and O–H groups in total. The summed E-state index contributed by atoms with van der Waals surface area (Å²) in [6, 6.07) is 0. The molecule has 1 aromatic heterocycles. The molecule has 1 fully saturated rings. The maximum Gasteiger partial charge on any atom is 0.0852 e. The third-order valence-electron chi connectivity index (χ3n) is 4.32. The summed E-state index contributed by atoms with van der Waals surface area (Å²) in [5.41, 5.74) is 0.891. The van der Waals surface area contributed by atoms with Crippen LogP contribution in [0.3, 0.4) is 0 Å². The number of hydrogen-bond donors (Lipinski definition) is 1. The van der Waals surface area contributed by atoms with Crippen LogP contribution in [0.2, 0.25) is 0 Å². The van der Waals surface area contributed by atoms with E-state index in [1.54, 1.807) is 6.92 Å². The van der Waals surface area contributed by atoms with E-state index in [1.807, 2.05) is 10.9 Å². The molecule has 5 nitrogen and oxygen atoms in total. The summed E-state index contributed by atoms with van der Waals surface area (Å²) in [6.45, 7) is 8.73. The lowest BCUT2D eigenvalue weighted by molar-refractivity contribution is 0.168. The smallest absolute Gasteiger partial charge is 0.0852 e. The van der Waals surface area contributed by atoms with Gasteiger partial charge < -0.3 is 10.0 Å². The molecule has 120 valence electrons. The van der Waals surface area contributed by atoms with Crippen molar-refractivity contribution >= 4 is 0 Å². The predicted molar refractivity (Wildman–Crippen MR) is 84.1 cm³/mol. The molecule has 1 atom stereocenters. The highest BCUT2D eigenvalue weighted by atomic mass is 16.3. The molecule has 0 amide bonds. The number of unbranched alkanes of at least 4 members (excludes halogenated alkanes) is 2. The van der Waals surface area contributed by atoms with Gasteiger partial charge in [0, 0.05) is 19.2 Å².